The van der Waals surface area contributed by atoms with Gasteiger partial charge in [0.05, 0.1) is 37.5 Å². The lowest BCUT2D eigenvalue weighted by Gasteiger charge is -2.06. The zero-order valence-electron chi connectivity index (χ0n) is 12.1. The lowest BCUT2D eigenvalue weighted by Crippen LogP contribution is -2.12. The molecule has 7 heteroatoms. The Morgan fingerprint density at radius 3 is 2.57 bits per heavy atom. The molecule has 0 spiro atoms. The number of fused-ring (bicyclic) bond motifs is 1. The summed E-state index contributed by atoms with van der Waals surface area (Å²) in [5.41, 5.74) is 8.75. The third-order valence-corrected chi connectivity index (χ3v) is 3.38. The Hall–Kier alpha value is -2.54. The molecule has 3 N–H and O–H groups in total. The molecule has 0 aliphatic heterocycles. The van der Waals surface area contributed by atoms with Gasteiger partial charge in [0.1, 0.15) is 5.82 Å². The first-order chi connectivity index (χ1) is 10.1. The number of hydrogen-bond acceptors (Lipinski definition) is 5. The van der Waals surface area contributed by atoms with Crippen LogP contribution in [-0.4, -0.2) is 34.0 Å². The van der Waals surface area contributed by atoms with E-state index < -0.39 is 0 Å². The number of H-pyrrole nitrogens is 1. The lowest BCUT2D eigenvalue weighted by molar-refractivity contribution is 0.356. The number of aromatic nitrogens is 4. The van der Waals surface area contributed by atoms with Gasteiger partial charge in [-0.1, -0.05) is 0 Å². The number of nitrogens with two attached hydrogens (primary N) is 1. The van der Waals surface area contributed by atoms with E-state index in [2.05, 4.69) is 15.1 Å². The van der Waals surface area contributed by atoms with E-state index >= 15 is 0 Å². The standard InChI is InChI=1S/C14H17N5O2/c1-19-7-8(6-16-19)13(15)14-17-9-4-11(20-2)12(21-3)5-10(9)18-14/h4-7,13H,15H2,1-3H3,(H,17,18). The topological polar surface area (TPSA) is 91.0 Å². The van der Waals surface area contributed by atoms with Gasteiger partial charge in [-0.15, -0.1) is 0 Å². The van der Waals surface area contributed by atoms with Crippen LogP contribution in [0.15, 0.2) is 24.5 Å². The quantitative estimate of drug-likeness (QED) is 0.756. The van der Waals surface area contributed by atoms with Crippen LogP contribution >= 0.6 is 0 Å². The Balaban J connectivity index is 2.04. The molecule has 0 bridgehead atoms. The summed E-state index contributed by atoms with van der Waals surface area (Å²) in [6.07, 6.45) is 3.61. The second kappa shape index (κ2) is 5.10. The van der Waals surface area contributed by atoms with Crippen molar-refractivity contribution in [2.45, 2.75) is 6.04 Å². The van der Waals surface area contributed by atoms with E-state index in [1.807, 2.05) is 25.4 Å². The molecule has 0 amide bonds. The Bertz CT molecular complexity index is 736. The summed E-state index contributed by atoms with van der Waals surface area (Å²) in [4.78, 5) is 7.75. The second-order valence-corrected chi connectivity index (χ2v) is 4.77. The maximum absolute atomic E-state index is 6.23. The van der Waals surface area contributed by atoms with Crippen LogP contribution in [0.3, 0.4) is 0 Å². The number of rotatable bonds is 4. The van der Waals surface area contributed by atoms with Crippen LogP contribution in [0.2, 0.25) is 0 Å². The first kappa shape index (κ1) is 13.4. The summed E-state index contributed by atoms with van der Waals surface area (Å²) in [6, 6.07) is 3.31. The highest BCUT2D eigenvalue weighted by molar-refractivity contribution is 5.80. The van der Waals surface area contributed by atoms with Crippen LogP contribution < -0.4 is 15.2 Å². The van der Waals surface area contributed by atoms with E-state index in [1.165, 1.54) is 0 Å². The van der Waals surface area contributed by atoms with Crippen molar-refractivity contribution >= 4 is 11.0 Å². The van der Waals surface area contributed by atoms with Gasteiger partial charge in [0.15, 0.2) is 11.5 Å². The molecule has 0 fully saturated rings. The largest absolute Gasteiger partial charge is 0.493 e. The fourth-order valence-corrected chi connectivity index (χ4v) is 2.26. The SMILES string of the molecule is COc1cc2nc(C(N)c3cnn(C)c3)[nH]c2cc1OC. The van der Waals surface area contributed by atoms with Crippen LogP contribution in [0.5, 0.6) is 11.5 Å². The van der Waals surface area contributed by atoms with E-state index in [0.29, 0.717) is 17.3 Å². The van der Waals surface area contributed by atoms with Gasteiger partial charge < -0.3 is 20.2 Å². The summed E-state index contributed by atoms with van der Waals surface area (Å²) in [6.45, 7) is 0. The number of benzene rings is 1. The van der Waals surface area contributed by atoms with Crippen molar-refractivity contribution in [2.24, 2.45) is 12.8 Å². The highest BCUT2D eigenvalue weighted by Gasteiger charge is 2.16. The van der Waals surface area contributed by atoms with Crippen molar-refractivity contribution in [1.29, 1.82) is 0 Å². The molecular formula is C14H17N5O2. The number of aromatic amines is 1. The van der Waals surface area contributed by atoms with Gasteiger partial charge in [-0.3, -0.25) is 4.68 Å². The minimum Gasteiger partial charge on any atom is -0.493 e. The number of hydrogen-bond donors (Lipinski definition) is 2. The van der Waals surface area contributed by atoms with Gasteiger partial charge in [0, 0.05) is 30.9 Å². The normalized spacial score (nSPS) is 12.6. The van der Waals surface area contributed by atoms with Gasteiger partial charge in [0.2, 0.25) is 0 Å². The third-order valence-electron chi connectivity index (χ3n) is 3.38. The maximum Gasteiger partial charge on any atom is 0.163 e. The summed E-state index contributed by atoms with van der Waals surface area (Å²) >= 11 is 0. The van der Waals surface area contributed by atoms with Crippen molar-refractivity contribution in [3.05, 3.63) is 35.9 Å². The molecule has 2 heterocycles. The summed E-state index contributed by atoms with van der Waals surface area (Å²) in [5, 5.41) is 4.13. The Kier molecular flexibility index (Phi) is 3.26. The predicted molar refractivity (Wildman–Crippen MR) is 78.4 cm³/mol. The number of aryl methyl sites for hydroxylation is 1. The van der Waals surface area contributed by atoms with Crippen molar-refractivity contribution in [3.8, 4) is 11.5 Å². The lowest BCUT2D eigenvalue weighted by atomic mass is 10.2. The first-order valence-corrected chi connectivity index (χ1v) is 6.48. The summed E-state index contributed by atoms with van der Waals surface area (Å²) in [7, 11) is 5.05. The van der Waals surface area contributed by atoms with Crippen LogP contribution in [-0.2, 0) is 7.05 Å². The molecule has 21 heavy (non-hydrogen) atoms. The number of imidazole rings is 1. The van der Waals surface area contributed by atoms with E-state index in [0.717, 1.165) is 16.6 Å². The van der Waals surface area contributed by atoms with E-state index in [-0.39, 0.29) is 6.04 Å². The summed E-state index contributed by atoms with van der Waals surface area (Å²) in [5.74, 6) is 1.96. The molecule has 3 aromatic rings. The van der Waals surface area contributed by atoms with Crippen molar-refractivity contribution in [3.63, 3.8) is 0 Å². The molecule has 1 unspecified atom stereocenters. The molecule has 0 aliphatic rings. The van der Waals surface area contributed by atoms with Crippen LogP contribution in [0.4, 0.5) is 0 Å². The van der Waals surface area contributed by atoms with Gasteiger partial charge >= 0.3 is 0 Å². The van der Waals surface area contributed by atoms with E-state index in [4.69, 9.17) is 15.2 Å². The van der Waals surface area contributed by atoms with E-state index in [1.54, 1.807) is 25.1 Å². The zero-order valence-corrected chi connectivity index (χ0v) is 12.1. The number of nitrogens with one attached hydrogen (secondary N) is 1. The Morgan fingerprint density at radius 2 is 1.95 bits per heavy atom. The molecule has 3 rings (SSSR count). The van der Waals surface area contributed by atoms with Gasteiger partial charge in [-0.2, -0.15) is 5.10 Å². The Morgan fingerprint density at radius 1 is 1.24 bits per heavy atom. The minimum absolute atomic E-state index is 0.358. The monoisotopic (exact) mass is 287 g/mol. The van der Waals surface area contributed by atoms with E-state index in [9.17, 15) is 0 Å². The highest BCUT2D eigenvalue weighted by Crippen LogP contribution is 2.32. The van der Waals surface area contributed by atoms with Crippen LogP contribution in [0.1, 0.15) is 17.4 Å². The van der Waals surface area contributed by atoms with Crippen molar-refractivity contribution in [2.75, 3.05) is 14.2 Å². The molecule has 0 saturated carbocycles. The average Bonchev–Trinajstić information content (AvgIpc) is 3.10. The second-order valence-electron chi connectivity index (χ2n) is 4.77. The number of ether oxygens (including phenoxy) is 2. The number of methoxy groups -OCH3 is 2. The third kappa shape index (κ3) is 2.31. The highest BCUT2D eigenvalue weighted by atomic mass is 16.5. The van der Waals surface area contributed by atoms with Gasteiger partial charge in [0.25, 0.3) is 0 Å². The Labute approximate surface area is 121 Å². The fourth-order valence-electron chi connectivity index (χ4n) is 2.26. The van der Waals surface area contributed by atoms with Crippen LogP contribution in [0.25, 0.3) is 11.0 Å². The maximum atomic E-state index is 6.23. The number of nitrogens with zero attached hydrogens (tertiary/aromatic N) is 3. The molecular weight excluding hydrogens is 270 g/mol. The molecule has 0 saturated heterocycles. The predicted octanol–water partition coefficient (Wildman–Crippen LogP) is 1.36. The zero-order chi connectivity index (χ0) is 15.0. The average molecular weight is 287 g/mol. The smallest absolute Gasteiger partial charge is 0.163 e. The molecule has 2 aromatic heterocycles. The molecule has 110 valence electrons. The first-order valence-electron chi connectivity index (χ1n) is 6.48. The van der Waals surface area contributed by atoms with Gasteiger partial charge in [-0.25, -0.2) is 4.98 Å². The van der Waals surface area contributed by atoms with Crippen molar-refractivity contribution in [1.82, 2.24) is 19.7 Å². The molecule has 0 radical (unpaired) electrons. The van der Waals surface area contributed by atoms with Crippen molar-refractivity contribution < 1.29 is 9.47 Å². The molecule has 7 nitrogen and oxygen atoms in total. The minimum atomic E-state index is -0.358. The molecule has 1 aromatic carbocycles. The summed E-state index contributed by atoms with van der Waals surface area (Å²) < 4.78 is 12.3. The van der Waals surface area contributed by atoms with Gasteiger partial charge in [-0.05, 0) is 0 Å². The fraction of sp³-hybridized carbons (Fsp3) is 0.286. The molecule has 0 aliphatic carbocycles. The molecule has 1 atom stereocenters. The van der Waals surface area contributed by atoms with Crippen LogP contribution in [0, 0.1) is 0 Å².